The number of terminal acetylenes is 1. The number of anilines is 1. The van der Waals surface area contributed by atoms with Crippen LogP contribution in [-0.2, 0) is 0 Å². The third kappa shape index (κ3) is 10.3. The van der Waals surface area contributed by atoms with Crippen molar-refractivity contribution >= 4 is 41.2 Å². The van der Waals surface area contributed by atoms with Gasteiger partial charge >= 0.3 is 0 Å². The summed E-state index contributed by atoms with van der Waals surface area (Å²) in [4.78, 5) is 61.3. The lowest BCUT2D eigenvalue weighted by Crippen LogP contribution is -2.23. The van der Waals surface area contributed by atoms with Gasteiger partial charge in [0.1, 0.15) is 35.0 Å². The Balaban J connectivity index is 0.000000238. The van der Waals surface area contributed by atoms with Gasteiger partial charge < -0.3 is 40.4 Å². The molecule has 276 valence electrons. The van der Waals surface area contributed by atoms with Gasteiger partial charge in [-0.15, -0.1) is 6.42 Å². The van der Waals surface area contributed by atoms with Crippen molar-refractivity contribution < 1.29 is 28.7 Å². The summed E-state index contributed by atoms with van der Waals surface area (Å²) in [6.45, 7) is 7.83. The molecule has 3 aromatic heterocycles. The molecule has 0 radical (unpaired) electrons. The molecule has 0 fully saturated rings. The summed E-state index contributed by atoms with van der Waals surface area (Å²) in [5.74, 6) is 1.95. The summed E-state index contributed by atoms with van der Waals surface area (Å²) in [5, 5.41) is 11.0. The van der Waals surface area contributed by atoms with Crippen LogP contribution in [0.1, 0.15) is 97.3 Å². The topological polar surface area (TPSA) is 195 Å². The molecule has 0 saturated heterocycles. The highest BCUT2D eigenvalue weighted by molar-refractivity contribution is 6.30. The molecule has 4 amide bonds. The first-order chi connectivity index (χ1) is 25.4. The van der Waals surface area contributed by atoms with Crippen LogP contribution in [0, 0.1) is 19.3 Å². The zero-order valence-electron chi connectivity index (χ0n) is 30.1. The first-order valence-electron chi connectivity index (χ1n) is 16.5. The minimum atomic E-state index is -0.450. The third-order valence-electron chi connectivity index (χ3n) is 7.73. The molecule has 2 atom stereocenters. The predicted molar refractivity (Wildman–Crippen MR) is 202 cm³/mol. The molecule has 14 nitrogen and oxygen atoms in total. The minimum Gasteiger partial charge on any atom is -0.484 e. The van der Waals surface area contributed by atoms with Gasteiger partial charge in [0.25, 0.3) is 23.6 Å². The van der Waals surface area contributed by atoms with E-state index in [0.717, 1.165) is 22.4 Å². The highest BCUT2D eigenvalue weighted by Gasteiger charge is 2.23. The molecule has 5 aromatic rings. The molecule has 7 N–H and O–H groups in total. The number of halogens is 1. The van der Waals surface area contributed by atoms with E-state index in [1.807, 2.05) is 64.1 Å². The Morgan fingerprint density at radius 2 is 1.28 bits per heavy atom. The van der Waals surface area contributed by atoms with Crippen LogP contribution in [0.2, 0.25) is 5.02 Å². The number of amides is 4. The standard InChI is InChI=1S/C19H20ClN5O3.C19H21N3O3/c1-10-9-22-19(23-10)25-17(26)14-8-15(16(24-14)18(27)21-3)28-11(2)12-4-6-13(20)7-5-12;1-5-13-7-9-14(10-8-13)12(3)25-16-11-15(18(23)21-6-2)22-17(16)19(24)20-4/h4-9,11,24H,1-3H3,(H,21,27)(H2,22,23,25,26);1,7-12,22H,6H2,2-4H3,(H,20,24)(H,21,23). The fourth-order valence-corrected chi connectivity index (χ4v) is 5.02. The number of hydrogen-bond acceptors (Lipinski definition) is 7. The number of nitrogens with one attached hydrogen (secondary N) is 7. The van der Waals surface area contributed by atoms with Crippen molar-refractivity contribution in [3.63, 3.8) is 0 Å². The summed E-state index contributed by atoms with van der Waals surface area (Å²) in [6.07, 6.45) is 6.27. The van der Waals surface area contributed by atoms with Gasteiger partial charge in [-0.2, -0.15) is 0 Å². The molecule has 0 saturated carbocycles. The van der Waals surface area contributed by atoms with Crippen LogP contribution in [0.5, 0.6) is 11.5 Å². The van der Waals surface area contributed by atoms with E-state index in [1.165, 1.54) is 26.2 Å². The van der Waals surface area contributed by atoms with E-state index in [9.17, 15) is 19.2 Å². The Bertz CT molecular complexity index is 2090. The van der Waals surface area contributed by atoms with Gasteiger partial charge in [0.05, 0.1) is 0 Å². The quantitative estimate of drug-likeness (QED) is 0.0798. The molecule has 5 rings (SSSR count). The van der Waals surface area contributed by atoms with Gasteiger partial charge in [-0.05, 0) is 63.1 Å². The van der Waals surface area contributed by atoms with E-state index >= 15 is 0 Å². The molecule has 0 aliphatic heterocycles. The van der Waals surface area contributed by atoms with Gasteiger partial charge in [0.2, 0.25) is 5.95 Å². The Morgan fingerprint density at radius 1 is 0.792 bits per heavy atom. The number of imidazole rings is 1. The number of aromatic nitrogens is 4. The van der Waals surface area contributed by atoms with Gasteiger partial charge in [0, 0.05) is 55.2 Å². The van der Waals surface area contributed by atoms with Gasteiger partial charge in [-0.25, -0.2) is 4.98 Å². The SMILES string of the molecule is C#Cc1ccc(C(C)Oc2cc(C(=O)NCC)[nH]c2C(=O)NC)cc1.CNC(=O)c1[nH]c(C(=O)Nc2ncc(C)[nH]2)cc1OC(C)c1ccc(Cl)cc1. The molecule has 15 heteroatoms. The monoisotopic (exact) mass is 740 g/mol. The number of benzene rings is 2. The number of aromatic amines is 3. The van der Waals surface area contributed by atoms with Crippen LogP contribution in [0.25, 0.3) is 0 Å². The molecular formula is C38H41ClN8O6. The maximum atomic E-state index is 12.5. The first kappa shape index (κ1) is 39.3. The van der Waals surface area contributed by atoms with Crippen LogP contribution in [-0.4, -0.2) is 64.2 Å². The average molecular weight is 741 g/mol. The Hall–Kier alpha value is -6.46. The summed E-state index contributed by atoms with van der Waals surface area (Å²) in [7, 11) is 3.02. The van der Waals surface area contributed by atoms with Gasteiger partial charge in [-0.1, -0.05) is 41.8 Å². The number of carbonyl (C=O) groups excluding carboxylic acids is 4. The Morgan fingerprint density at radius 3 is 1.72 bits per heavy atom. The number of aryl methyl sites for hydroxylation is 1. The van der Waals surface area contributed by atoms with Crippen molar-refractivity contribution in [2.75, 3.05) is 26.0 Å². The van der Waals surface area contributed by atoms with Crippen molar-refractivity contribution in [2.45, 2.75) is 39.9 Å². The summed E-state index contributed by atoms with van der Waals surface area (Å²) < 4.78 is 11.9. The van der Waals surface area contributed by atoms with Gasteiger partial charge in [0.15, 0.2) is 11.5 Å². The molecule has 0 bridgehead atoms. The molecule has 53 heavy (non-hydrogen) atoms. The van der Waals surface area contributed by atoms with Crippen molar-refractivity contribution in [1.82, 2.24) is 35.9 Å². The van der Waals surface area contributed by atoms with Crippen molar-refractivity contribution in [1.29, 1.82) is 0 Å². The zero-order chi connectivity index (χ0) is 38.7. The zero-order valence-corrected chi connectivity index (χ0v) is 30.8. The van der Waals surface area contributed by atoms with Crippen molar-refractivity contribution in [3.8, 4) is 23.8 Å². The predicted octanol–water partition coefficient (Wildman–Crippen LogP) is 5.70. The molecule has 2 unspecified atom stereocenters. The second kappa shape index (κ2) is 18.2. The smallest absolute Gasteiger partial charge is 0.274 e. The van der Waals surface area contributed by atoms with E-state index in [-0.39, 0.29) is 52.5 Å². The van der Waals surface area contributed by atoms with Crippen LogP contribution < -0.4 is 30.7 Å². The fourth-order valence-electron chi connectivity index (χ4n) is 4.90. The molecular weight excluding hydrogens is 700 g/mol. The summed E-state index contributed by atoms with van der Waals surface area (Å²) >= 11 is 5.92. The summed E-state index contributed by atoms with van der Waals surface area (Å²) in [5.41, 5.74) is 4.18. The van der Waals surface area contributed by atoms with E-state index < -0.39 is 11.8 Å². The molecule has 3 heterocycles. The number of ether oxygens (including phenoxy) is 2. The number of H-pyrrole nitrogens is 3. The van der Waals surface area contributed by atoms with Crippen molar-refractivity contribution in [3.05, 3.63) is 117 Å². The summed E-state index contributed by atoms with van der Waals surface area (Å²) in [6, 6.07) is 17.6. The second-order valence-corrected chi connectivity index (χ2v) is 12.0. The lowest BCUT2D eigenvalue weighted by Gasteiger charge is -2.15. The van der Waals surface area contributed by atoms with E-state index in [0.29, 0.717) is 23.3 Å². The van der Waals surface area contributed by atoms with E-state index in [4.69, 9.17) is 27.5 Å². The van der Waals surface area contributed by atoms with Crippen LogP contribution >= 0.6 is 11.6 Å². The number of rotatable bonds is 12. The van der Waals surface area contributed by atoms with E-state index in [2.05, 4.69) is 47.1 Å². The minimum absolute atomic E-state index is 0.157. The van der Waals surface area contributed by atoms with Crippen LogP contribution in [0.15, 0.2) is 66.9 Å². The maximum Gasteiger partial charge on any atom is 0.274 e. The van der Waals surface area contributed by atoms with Crippen LogP contribution in [0.4, 0.5) is 5.95 Å². The lowest BCUT2D eigenvalue weighted by atomic mass is 10.1. The van der Waals surface area contributed by atoms with Crippen molar-refractivity contribution in [2.24, 2.45) is 0 Å². The Labute approximate surface area is 311 Å². The maximum absolute atomic E-state index is 12.5. The second-order valence-electron chi connectivity index (χ2n) is 11.6. The Kier molecular flexibility index (Phi) is 13.5. The number of nitrogens with zero attached hydrogens (tertiary/aromatic N) is 1. The van der Waals surface area contributed by atoms with E-state index in [1.54, 1.807) is 18.3 Å². The third-order valence-corrected chi connectivity index (χ3v) is 7.98. The average Bonchev–Trinajstić information content (AvgIpc) is 3.90. The molecule has 2 aromatic carbocycles. The first-order valence-corrected chi connectivity index (χ1v) is 16.9. The van der Waals surface area contributed by atoms with Crippen LogP contribution in [0.3, 0.4) is 0 Å². The van der Waals surface area contributed by atoms with Gasteiger partial charge in [-0.3, -0.25) is 24.5 Å². The molecule has 0 aliphatic rings. The molecule has 0 spiro atoms. The largest absolute Gasteiger partial charge is 0.484 e. The number of carbonyl (C=O) groups is 4. The molecule has 0 aliphatic carbocycles. The lowest BCUT2D eigenvalue weighted by molar-refractivity contribution is 0.0939. The highest BCUT2D eigenvalue weighted by atomic mass is 35.5. The number of hydrogen-bond donors (Lipinski definition) is 7. The highest BCUT2D eigenvalue weighted by Crippen LogP contribution is 2.29. The normalized spacial score (nSPS) is 11.5. The fraction of sp³-hybridized carbons (Fsp3) is 0.237.